The molecule has 1 aliphatic carbocycles. The third kappa shape index (κ3) is 4.99. The molecule has 1 aromatic carbocycles. The van der Waals surface area contributed by atoms with Crippen LogP contribution >= 0.6 is 24.0 Å². The monoisotopic (exact) mass is 500 g/mol. The van der Waals surface area contributed by atoms with Crippen LogP contribution in [0.5, 0.6) is 0 Å². The van der Waals surface area contributed by atoms with Crippen molar-refractivity contribution in [3.63, 3.8) is 0 Å². The number of aliphatic imine (C=N–C) groups is 1. The van der Waals surface area contributed by atoms with E-state index >= 15 is 0 Å². The van der Waals surface area contributed by atoms with Crippen molar-refractivity contribution in [3.8, 4) is 0 Å². The largest absolute Gasteiger partial charge is 0.355 e. The van der Waals surface area contributed by atoms with Crippen LogP contribution in [0.1, 0.15) is 44.1 Å². The second kappa shape index (κ2) is 9.74. The van der Waals surface area contributed by atoms with Crippen molar-refractivity contribution in [3.05, 3.63) is 35.6 Å². The number of hydrogen-bond acceptors (Lipinski definition) is 2. The second-order valence-electron chi connectivity index (χ2n) is 8.62. The van der Waals surface area contributed by atoms with Gasteiger partial charge in [0.1, 0.15) is 5.82 Å². The Morgan fingerprint density at radius 1 is 1.18 bits per heavy atom. The highest BCUT2D eigenvalue weighted by molar-refractivity contribution is 14.0. The third-order valence-electron chi connectivity index (χ3n) is 6.65. The minimum atomic E-state index is -0.0745. The average molecular weight is 500 g/mol. The maximum absolute atomic E-state index is 14.2. The summed E-state index contributed by atoms with van der Waals surface area (Å²) in [6, 6.07) is 7.24. The molecule has 1 aromatic rings. The summed E-state index contributed by atoms with van der Waals surface area (Å²) in [4.78, 5) is 9.56. The third-order valence-corrected chi connectivity index (χ3v) is 6.65. The lowest BCUT2D eigenvalue weighted by atomic mass is 9.95. The molecule has 0 spiro atoms. The zero-order valence-electron chi connectivity index (χ0n) is 17.0. The molecular formula is C22H34FIN4. The van der Waals surface area contributed by atoms with Crippen molar-refractivity contribution in [2.45, 2.75) is 43.9 Å². The van der Waals surface area contributed by atoms with Crippen molar-refractivity contribution in [2.75, 3.05) is 46.3 Å². The maximum Gasteiger partial charge on any atom is 0.193 e. The topological polar surface area (TPSA) is 30.9 Å². The lowest BCUT2D eigenvalue weighted by Crippen LogP contribution is -2.44. The van der Waals surface area contributed by atoms with Gasteiger partial charge in [-0.05, 0) is 62.7 Å². The van der Waals surface area contributed by atoms with Crippen LogP contribution in [0, 0.1) is 11.7 Å². The predicted molar refractivity (Wildman–Crippen MR) is 124 cm³/mol. The van der Waals surface area contributed by atoms with Gasteiger partial charge in [-0.25, -0.2) is 4.39 Å². The molecule has 6 heteroatoms. The molecule has 0 bridgehead atoms. The Morgan fingerprint density at radius 3 is 2.61 bits per heavy atom. The smallest absolute Gasteiger partial charge is 0.193 e. The Morgan fingerprint density at radius 2 is 1.93 bits per heavy atom. The molecule has 2 heterocycles. The molecule has 4 rings (SSSR count). The van der Waals surface area contributed by atoms with Crippen molar-refractivity contribution >= 4 is 29.9 Å². The molecule has 0 aromatic heterocycles. The highest BCUT2D eigenvalue weighted by Gasteiger charge is 2.46. The standard InChI is InChI=1S/C22H33FN4.HI/c1-24-21(25-17-22(10-11-22)19-7-3-4-8-20(19)23)27-14-9-18(16-27)15-26-12-5-2-6-13-26;/h3-4,7-8,18H,2,5-6,9-17H2,1H3,(H,24,25);1H. The van der Waals surface area contributed by atoms with Gasteiger partial charge < -0.3 is 15.1 Å². The van der Waals surface area contributed by atoms with E-state index < -0.39 is 0 Å². The summed E-state index contributed by atoms with van der Waals surface area (Å²) in [5, 5.41) is 3.56. The van der Waals surface area contributed by atoms with Gasteiger partial charge in [0, 0.05) is 38.6 Å². The van der Waals surface area contributed by atoms with Crippen LogP contribution in [-0.2, 0) is 5.41 Å². The highest BCUT2D eigenvalue weighted by atomic mass is 127. The lowest BCUT2D eigenvalue weighted by Gasteiger charge is -2.29. The molecular weight excluding hydrogens is 466 g/mol. The van der Waals surface area contributed by atoms with E-state index in [9.17, 15) is 4.39 Å². The first kappa shape index (κ1) is 21.8. The zero-order valence-corrected chi connectivity index (χ0v) is 19.3. The van der Waals surface area contributed by atoms with Crippen molar-refractivity contribution in [1.29, 1.82) is 0 Å². The van der Waals surface area contributed by atoms with Crippen molar-refractivity contribution < 1.29 is 4.39 Å². The van der Waals surface area contributed by atoms with Crippen LogP contribution in [0.4, 0.5) is 4.39 Å². The Hall–Kier alpha value is -0.890. The van der Waals surface area contributed by atoms with E-state index in [4.69, 9.17) is 0 Å². The Kier molecular flexibility index (Phi) is 7.59. The molecule has 1 N–H and O–H groups in total. The molecule has 0 radical (unpaired) electrons. The average Bonchev–Trinajstić information content (AvgIpc) is 3.34. The Balaban J connectivity index is 0.00000225. The number of halogens is 2. The maximum atomic E-state index is 14.2. The van der Waals surface area contributed by atoms with E-state index in [1.54, 1.807) is 12.1 Å². The number of benzene rings is 1. The summed E-state index contributed by atoms with van der Waals surface area (Å²) in [6.07, 6.45) is 7.46. The summed E-state index contributed by atoms with van der Waals surface area (Å²) in [5.41, 5.74) is 0.811. The number of nitrogens with zero attached hydrogens (tertiary/aromatic N) is 3. The van der Waals surface area contributed by atoms with Crippen LogP contribution in [0.15, 0.2) is 29.3 Å². The predicted octanol–water partition coefficient (Wildman–Crippen LogP) is 3.86. The number of guanidine groups is 1. The summed E-state index contributed by atoms with van der Waals surface area (Å²) >= 11 is 0. The van der Waals surface area contributed by atoms with E-state index in [-0.39, 0.29) is 35.2 Å². The van der Waals surface area contributed by atoms with Crippen LogP contribution in [-0.4, -0.2) is 62.1 Å². The molecule has 2 aliphatic heterocycles. The molecule has 1 atom stereocenters. The van der Waals surface area contributed by atoms with E-state index in [2.05, 4.69) is 20.1 Å². The lowest BCUT2D eigenvalue weighted by molar-refractivity contribution is 0.198. The quantitative estimate of drug-likeness (QED) is 0.379. The second-order valence-corrected chi connectivity index (χ2v) is 8.62. The molecule has 4 nitrogen and oxygen atoms in total. The number of rotatable bonds is 5. The van der Waals surface area contributed by atoms with Crippen LogP contribution in [0.3, 0.4) is 0 Å². The molecule has 156 valence electrons. The highest BCUT2D eigenvalue weighted by Crippen LogP contribution is 2.48. The number of nitrogens with one attached hydrogen (secondary N) is 1. The van der Waals surface area contributed by atoms with Crippen LogP contribution in [0.25, 0.3) is 0 Å². The molecule has 28 heavy (non-hydrogen) atoms. The number of hydrogen-bond donors (Lipinski definition) is 1. The Labute approximate surface area is 186 Å². The van der Waals surface area contributed by atoms with Crippen molar-refractivity contribution in [1.82, 2.24) is 15.1 Å². The summed E-state index contributed by atoms with van der Waals surface area (Å²) < 4.78 is 14.2. The number of likely N-dealkylation sites (tertiary alicyclic amines) is 2. The molecule has 1 unspecified atom stereocenters. The summed E-state index contributed by atoms with van der Waals surface area (Å²) in [7, 11) is 1.86. The fourth-order valence-corrected chi connectivity index (χ4v) is 4.85. The van der Waals surface area contributed by atoms with Gasteiger partial charge in [0.2, 0.25) is 0 Å². The molecule has 3 aliphatic rings. The van der Waals surface area contributed by atoms with E-state index in [0.29, 0.717) is 0 Å². The fraction of sp³-hybridized carbons (Fsp3) is 0.682. The van der Waals surface area contributed by atoms with Gasteiger partial charge in [0.25, 0.3) is 0 Å². The van der Waals surface area contributed by atoms with E-state index in [1.165, 1.54) is 45.3 Å². The van der Waals surface area contributed by atoms with Gasteiger partial charge in [-0.3, -0.25) is 4.99 Å². The molecule has 0 amide bonds. The SMILES string of the molecule is CN=C(NCC1(c2ccccc2F)CC1)N1CCC(CN2CCCCC2)C1.I. The van der Waals surface area contributed by atoms with Gasteiger partial charge >= 0.3 is 0 Å². The van der Waals surface area contributed by atoms with Gasteiger partial charge in [-0.2, -0.15) is 0 Å². The van der Waals surface area contributed by atoms with Crippen LogP contribution < -0.4 is 5.32 Å². The Bertz CT molecular complexity index is 670. The minimum Gasteiger partial charge on any atom is -0.355 e. The zero-order chi connectivity index (χ0) is 18.7. The van der Waals surface area contributed by atoms with Gasteiger partial charge in [0.05, 0.1) is 0 Å². The summed E-state index contributed by atoms with van der Waals surface area (Å²) in [5.74, 6) is 1.65. The molecule has 3 fully saturated rings. The van der Waals surface area contributed by atoms with Gasteiger partial charge in [0.15, 0.2) is 5.96 Å². The van der Waals surface area contributed by atoms with Crippen LogP contribution in [0.2, 0.25) is 0 Å². The van der Waals surface area contributed by atoms with E-state index in [1.807, 2.05) is 19.2 Å². The van der Waals surface area contributed by atoms with Crippen molar-refractivity contribution in [2.24, 2.45) is 10.9 Å². The van der Waals surface area contributed by atoms with Gasteiger partial charge in [-0.15, -0.1) is 24.0 Å². The summed E-state index contributed by atoms with van der Waals surface area (Å²) in [6.45, 7) is 6.71. The van der Waals surface area contributed by atoms with E-state index in [0.717, 1.165) is 49.9 Å². The fourth-order valence-electron chi connectivity index (χ4n) is 4.85. The first-order valence-corrected chi connectivity index (χ1v) is 10.6. The molecule has 2 saturated heterocycles. The normalized spacial score (nSPS) is 24.7. The number of piperidine rings is 1. The minimum absolute atomic E-state index is 0. The first-order chi connectivity index (χ1) is 13.2. The van der Waals surface area contributed by atoms with Gasteiger partial charge in [-0.1, -0.05) is 24.6 Å². The first-order valence-electron chi connectivity index (χ1n) is 10.6. The molecule has 1 saturated carbocycles.